The molecule has 0 aromatic heterocycles. The minimum Gasteiger partial charge on any atom is -0.506 e. The zero-order valence-electron chi connectivity index (χ0n) is 9.98. The van der Waals surface area contributed by atoms with E-state index in [9.17, 15) is 9.90 Å². The average molecular weight is 433 g/mol. The SMILES string of the molecule is CC(=O)c1cc(Br)c(Oc2ccccc2)c(I)c1O. The third-order valence-electron chi connectivity index (χ3n) is 2.49. The van der Waals surface area contributed by atoms with Crippen molar-refractivity contribution in [1.29, 1.82) is 0 Å². The van der Waals surface area contributed by atoms with Crippen molar-refractivity contribution in [2.75, 3.05) is 0 Å². The van der Waals surface area contributed by atoms with Crippen LogP contribution in [-0.2, 0) is 0 Å². The van der Waals surface area contributed by atoms with Gasteiger partial charge in [0.25, 0.3) is 0 Å². The lowest BCUT2D eigenvalue weighted by Crippen LogP contribution is -1.97. The number of Topliss-reactive ketones (excluding diaryl/α,β-unsaturated/α-hetero) is 1. The van der Waals surface area contributed by atoms with Gasteiger partial charge in [0.15, 0.2) is 11.5 Å². The lowest BCUT2D eigenvalue weighted by atomic mass is 10.1. The Bertz CT molecular complexity index is 626. The molecule has 0 fully saturated rings. The van der Waals surface area contributed by atoms with E-state index in [1.54, 1.807) is 6.07 Å². The molecule has 0 aliphatic rings. The second-order valence-electron chi connectivity index (χ2n) is 3.87. The molecule has 0 saturated heterocycles. The molecule has 0 amide bonds. The highest BCUT2D eigenvalue weighted by Gasteiger charge is 2.18. The Hall–Kier alpha value is -1.08. The molecule has 0 bridgehead atoms. The standard InChI is InChI=1S/C14H10BrIO3/c1-8(17)10-7-11(15)14(12(16)13(10)18)19-9-5-3-2-4-6-9/h2-7,18H,1H3. The summed E-state index contributed by atoms with van der Waals surface area (Å²) in [6.45, 7) is 1.41. The van der Waals surface area contributed by atoms with Crippen LogP contribution in [-0.4, -0.2) is 10.9 Å². The van der Waals surface area contributed by atoms with Gasteiger partial charge in [-0.3, -0.25) is 4.79 Å². The predicted octanol–water partition coefficient (Wildman–Crippen LogP) is 4.75. The van der Waals surface area contributed by atoms with Gasteiger partial charge in [0.2, 0.25) is 0 Å². The van der Waals surface area contributed by atoms with Crippen LogP contribution in [0.2, 0.25) is 0 Å². The summed E-state index contributed by atoms with van der Waals surface area (Å²) in [6, 6.07) is 10.8. The minimum absolute atomic E-state index is 0.0535. The Kier molecular flexibility index (Phi) is 4.46. The topological polar surface area (TPSA) is 46.5 Å². The van der Waals surface area contributed by atoms with Crippen molar-refractivity contribution < 1.29 is 14.6 Å². The van der Waals surface area contributed by atoms with Gasteiger partial charge in [0, 0.05) is 0 Å². The second kappa shape index (κ2) is 5.92. The number of phenolic OH excluding ortho intramolecular Hbond substituents is 1. The first-order chi connectivity index (χ1) is 9.00. The van der Waals surface area contributed by atoms with Gasteiger partial charge in [-0.15, -0.1) is 0 Å². The van der Waals surface area contributed by atoms with Crippen molar-refractivity contribution in [2.24, 2.45) is 0 Å². The quantitative estimate of drug-likeness (QED) is 0.562. The molecule has 2 rings (SSSR count). The number of phenols is 1. The van der Waals surface area contributed by atoms with Crippen molar-refractivity contribution in [3.8, 4) is 17.2 Å². The van der Waals surface area contributed by atoms with Crippen molar-refractivity contribution in [3.05, 3.63) is 50.0 Å². The van der Waals surface area contributed by atoms with Gasteiger partial charge in [-0.25, -0.2) is 0 Å². The number of para-hydroxylation sites is 1. The maximum absolute atomic E-state index is 11.4. The molecule has 2 aromatic rings. The zero-order valence-corrected chi connectivity index (χ0v) is 13.7. The van der Waals surface area contributed by atoms with Gasteiger partial charge < -0.3 is 9.84 Å². The van der Waals surface area contributed by atoms with Crippen molar-refractivity contribution in [1.82, 2.24) is 0 Å². The van der Waals surface area contributed by atoms with Gasteiger partial charge in [0.05, 0.1) is 13.6 Å². The molecule has 19 heavy (non-hydrogen) atoms. The zero-order chi connectivity index (χ0) is 14.0. The monoisotopic (exact) mass is 432 g/mol. The lowest BCUT2D eigenvalue weighted by molar-refractivity contribution is 0.101. The number of carbonyl (C=O) groups is 1. The molecule has 0 heterocycles. The first kappa shape index (κ1) is 14.3. The van der Waals surface area contributed by atoms with Crippen molar-refractivity contribution >= 4 is 44.3 Å². The molecule has 0 spiro atoms. The smallest absolute Gasteiger partial charge is 0.163 e. The van der Waals surface area contributed by atoms with Crippen LogP contribution in [0, 0.1) is 3.57 Å². The van der Waals surface area contributed by atoms with Gasteiger partial charge >= 0.3 is 0 Å². The van der Waals surface area contributed by atoms with Crippen LogP contribution < -0.4 is 4.74 Å². The number of aromatic hydroxyl groups is 1. The summed E-state index contributed by atoms with van der Waals surface area (Å²) in [7, 11) is 0. The molecule has 3 nitrogen and oxygen atoms in total. The molecule has 0 saturated carbocycles. The molecule has 2 aromatic carbocycles. The Balaban J connectivity index is 2.48. The number of benzene rings is 2. The first-order valence-corrected chi connectivity index (χ1v) is 7.32. The van der Waals surface area contributed by atoms with E-state index in [0.29, 0.717) is 19.5 Å². The van der Waals surface area contributed by atoms with E-state index in [1.165, 1.54) is 6.92 Å². The van der Waals surface area contributed by atoms with Crippen LogP contribution in [0.1, 0.15) is 17.3 Å². The van der Waals surface area contributed by atoms with Crippen LogP contribution in [0.3, 0.4) is 0 Å². The fourth-order valence-corrected chi connectivity index (χ4v) is 3.13. The summed E-state index contributed by atoms with van der Waals surface area (Å²) >= 11 is 5.32. The third kappa shape index (κ3) is 3.09. The van der Waals surface area contributed by atoms with Gasteiger partial charge in [0.1, 0.15) is 11.5 Å². The fraction of sp³-hybridized carbons (Fsp3) is 0.0714. The number of hydrogen-bond acceptors (Lipinski definition) is 3. The number of halogens is 2. The molecule has 0 unspecified atom stereocenters. The molecule has 1 N–H and O–H groups in total. The van der Waals surface area contributed by atoms with E-state index < -0.39 is 0 Å². The van der Waals surface area contributed by atoms with E-state index in [4.69, 9.17) is 4.74 Å². The van der Waals surface area contributed by atoms with Crippen molar-refractivity contribution in [3.63, 3.8) is 0 Å². The third-order valence-corrected chi connectivity index (χ3v) is 4.08. The highest BCUT2D eigenvalue weighted by molar-refractivity contribution is 14.1. The van der Waals surface area contributed by atoms with E-state index in [2.05, 4.69) is 15.9 Å². The summed E-state index contributed by atoms with van der Waals surface area (Å²) < 4.78 is 6.86. The summed E-state index contributed by atoms with van der Waals surface area (Å²) in [5.74, 6) is 0.912. The summed E-state index contributed by atoms with van der Waals surface area (Å²) in [4.78, 5) is 11.4. The Morgan fingerprint density at radius 1 is 1.32 bits per heavy atom. The molecule has 5 heteroatoms. The highest BCUT2D eigenvalue weighted by Crippen LogP contribution is 2.41. The van der Waals surface area contributed by atoms with Crippen LogP contribution in [0.4, 0.5) is 0 Å². The largest absolute Gasteiger partial charge is 0.506 e. The molecule has 98 valence electrons. The van der Waals surface area contributed by atoms with Crippen LogP contribution in [0.15, 0.2) is 40.9 Å². The minimum atomic E-state index is -0.192. The maximum Gasteiger partial charge on any atom is 0.163 e. The predicted molar refractivity (Wildman–Crippen MR) is 85.0 cm³/mol. The Morgan fingerprint density at radius 2 is 1.95 bits per heavy atom. The Morgan fingerprint density at radius 3 is 2.53 bits per heavy atom. The Labute approximate surface area is 132 Å². The summed E-state index contributed by atoms with van der Waals surface area (Å²) in [6.07, 6.45) is 0. The van der Waals surface area contributed by atoms with Crippen LogP contribution in [0.5, 0.6) is 17.2 Å². The van der Waals surface area contributed by atoms with Gasteiger partial charge in [-0.2, -0.15) is 0 Å². The molecule has 0 aliphatic carbocycles. The summed E-state index contributed by atoms with van der Waals surface area (Å²) in [5, 5.41) is 10.0. The number of rotatable bonds is 3. The normalized spacial score (nSPS) is 10.3. The van der Waals surface area contributed by atoms with Crippen molar-refractivity contribution in [2.45, 2.75) is 6.92 Å². The van der Waals surface area contributed by atoms with E-state index in [-0.39, 0.29) is 17.1 Å². The fourth-order valence-electron chi connectivity index (χ4n) is 1.56. The highest BCUT2D eigenvalue weighted by atomic mass is 127. The van der Waals surface area contributed by atoms with E-state index in [0.717, 1.165) is 0 Å². The first-order valence-electron chi connectivity index (χ1n) is 5.45. The number of ketones is 1. The second-order valence-corrected chi connectivity index (χ2v) is 5.80. The molecular formula is C14H10BrIO3. The van der Waals surface area contributed by atoms with E-state index in [1.807, 2.05) is 52.9 Å². The van der Waals surface area contributed by atoms with Crippen LogP contribution >= 0.6 is 38.5 Å². The maximum atomic E-state index is 11.4. The summed E-state index contributed by atoms with van der Waals surface area (Å²) in [5.41, 5.74) is 0.275. The molecule has 0 radical (unpaired) electrons. The lowest BCUT2D eigenvalue weighted by Gasteiger charge is -2.13. The number of hydrogen-bond donors (Lipinski definition) is 1. The molecular weight excluding hydrogens is 423 g/mol. The number of carbonyl (C=O) groups excluding carboxylic acids is 1. The average Bonchev–Trinajstić information content (AvgIpc) is 2.40. The molecule has 0 aliphatic heterocycles. The van der Waals surface area contributed by atoms with Gasteiger partial charge in [-0.05, 0) is 63.6 Å². The molecule has 0 atom stereocenters. The number of ether oxygens (including phenoxy) is 1. The van der Waals surface area contributed by atoms with Crippen LogP contribution in [0.25, 0.3) is 0 Å². The van der Waals surface area contributed by atoms with Gasteiger partial charge in [-0.1, -0.05) is 18.2 Å². The van der Waals surface area contributed by atoms with E-state index >= 15 is 0 Å².